The second kappa shape index (κ2) is 5.10. The quantitative estimate of drug-likeness (QED) is 0.816. The molecule has 2 aromatic rings. The van der Waals surface area contributed by atoms with Gasteiger partial charge in [0.15, 0.2) is 0 Å². The smallest absolute Gasteiger partial charge is 0.137 e. The van der Waals surface area contributed by atoms with Gasteiger partial charge in [0.1, 0.15) is 22.6 Å². The maximum atomic E-state index is 13.3. The monoisotopic (exact) mass is 359 g/mol. The van der Waals surface area contributed by atoms with Crippen molar-refractivity contribution in [2.45, 2.75) is 6.92 Å². The number of halogens is 3. The zero-order valence-electron chi connectivity index (χ0n) is 8.84. The van der Waals surface area contributed by atoms with Crippen molar-refractivity contribution in [3.8, 4) is 0 Å². The van der Waals surface area contributed by atoms with Crippen LogP contribution < -0.4 is 5.32 Å². The van der Waals surface area contributed by atoms with E-state index in [0.29, 0.717) is 14.9 Å². The standard InChI is InChI=1S/C11H8Br2FN3/c1-6-2-8(14)7(12)3-9(6)17-11-4-10(13)15-5-16-11/h2-5H,1H3,(H,15,16,17). The van der Waals surface area contributed by atoms with Gasteiger partial charge in [0.25, 0.3) is 0 Å². The number of hydrogen-bond donors (Lipinski definition) is 1. The molecule has 0 aliphatic carbocycles. The Morgan fingerprint density at radius 2 is 1.94 bits per heavy atom. The van der Waals surface area contributed by atoms with Crippen LogP contribution in [0.5, 0.6) is 0 Å². The van der Waals surface area contributed by atoms with Gasteiger partial charge in [-0.05, 0) is 56.5 Å². The minimum Gasteiger partial charge on any atom is -0.340 e. The Hall–Kier alpha value is -1.01. The Kier molecular flexibility index (Phi) is 3.73. The minimum atomic E-state index is -0.281. The average molecular weight is 361 g/mol. The van der Waals surface area contributed by atoms with Crippen molar-refractivity contribution < 1.29 is 4.39 Å². The molecule has 6 heteroatoms. The van der Waals surface area contributed by atoms with E-state index in [2.05, 4.69) is 47.1 Å². The summed E-state index contributed by atoms with van der Waals surface area (Å²) in [4.78, 5) is 8.00. The summed E-state index contributed by atoms with van der Waals surface area (Å²) in [5.74, 6) is 0.366. The second-order valence-corrected chi connectivity index (χ2v) is 5.10. The summed E-state index contributed by atoms with van der Waals surface area (Å²) in [6, 6.07) is 4.89. The van der Waals surface area contributed by atoms with Crippen LogP contribution in [-0.4, -0.2) is 9.97 Å². The van der Waals surface area contributed by atoms with Gasteiger partial charge in [-0.2, -0.15) is 0 Å². The van der Waals surface area contributed by atoms with E-state index in [4.69, 9.17) is 0 Å². The Labute approximate surface area is 115 Å². The van der Waals surface area contributed by atoms with Crippen LogP contribution >= 0.6 is 31.9 Å². The predicted molar refractivity (Wildman–Crippen MR) is 71.9 cm³/mol. The fourth-order valence-corrected chi connectivity index (χ4v) is 1.97. The van der Waals surface area contributed by atoms with Crippen molar-refractivity contribution in [1.29, 1.82) is 0 Å². The topological polar surface area (TPSA) is 37.8 Å². The van der Waals surface area contributed by atoms with E-state index in [1.54, 1.807) is 12.1 Å². The maximum absolute atomic E-state index is 13.3. The summed E-state index contributed by atoms with van der Waals surface area (Å²) in [6.07, 6.45) is 1.44. The van der Waals surface area contributed by atoms with E-state index in [1.807, 2.05) is 6.92 Å². The van der Waals surface area contributed by atoms with Crippen LogP contribution in [0.1, 0.15) is 5.56 Å². The molecule has 0 spiro atoms. The Balaban J connectivity index is 2.33. The highest BCUT2D eigenvalue weighted by molar-refractivity contribution is 9.10. The highest BCUT2D eigenvalue weighted by atomic mass is 79.9. The highest BCUT2D eigenvalue weighted by Crippen LogP contribution is 2.26. The average Bonchev–Trinajstić information content (AvgIpc) is 2.26. The molecule has 1 heterocycles. The van der Waals surface area contributed by atoms with E-state index in [0.717, 1.165) is 11.3 Å². The third-order valence-corrected chi connectivity index (χ3v) is 3.21. The van der Waals surface area contributed by atoms with Crippen molar-refractivity contribution in [3.63, 3.8) is 0 Å². The zero-order valence-corrected chi connectivity index (χ0v) is 12.0. The van der Waals surface area contributed by atoms with E-state index in [-0.39, 0.29) is 5.82 Å². The third-order valence-electron chi connectivity index (χ3n) is 2.16. The van der Waals surface area contributed by atoms with E-state index in [9.17, 15) is 4.39 Å². The van der Waals surface area contributed by atoms with Crippen molar-refractivity contribution in [1.82, 2.24) is 9.97 Å². The van der Waals surface area contributed by atoms with Gasteiger partial charge < -0.3 is 5.32 Å². The lowest BCUT2D eigenvalue weighted by atomic mass is 10.2. The number of nitrogens with one attached hydrogen (secondary N) is 1. The lowest BCUT2D eigenvalue weighted by Gasteiger charge is -2.09. The number of benzene rings is 1. The molecule has 0 saturated carbocycles. The molecule has 0 bridgehead atoms. The largest absolute Gasteiger partial charge is 0.340 e. The van der Waals surface area contributed by atoms with Gasteiger partial charge in [-0.15, -0.1) is 0 Å². The predicted octanol–water partition coefficient (Wildman–Crippen LogP) is 4.19. The Morgan fingerprint density at radius 3 is 2.65 bits per heavy atom. The molecule has 1 aromatic carbocycles. The SMILES string of the molecule is Cc1cc(F)c(Br)cc1Nc1cc(Br)ncn1. The molecule has 0 fully saturated rings. The van der Waals surface area contributed by atoms with Crippen LogP contribution in [0.3, 0.4) is 0 Å². The Bertz CT molecular complexity index is 560. The molecule has 3 nitrogen and oxygen atoms in total. The van der Waals surface area contributed by atoms with Crippen molar-refractivity contribution in [3.05, 3.63) is 45.0 Å². The van der Waals surface area contributed by atoms with Gasteiger partial charge in [0.05, 0.1) is 4.47 Å². The summed E-state index contributed by atoms with van der Waals surface area (Å²) in [7, 11) is 0. The first-order chi connectivity index (χ1) is 8.06. The lowest BCUT2D eigenvalue weighted by Crippen LogP contribution is -1.97. The summed E-state index contributed by atoms with van der Waals surface area (Å²) < 4.78 is 14.4. The number of aryl methyl sites for hydroxylation is 1. The number of rotatable bonds is 2. The number of anilines is 2. The molecule has 1 aromatic heterocycles. The van der Waals surface area contributed by atoms with E-state index in [1.165, 1.54) is 12.4 Å². The molecule has 88 valence electrons. The molecule has 0 atom stereocenters. The second-order valence-electron chi connectivity index (χ2n) is 3.43. The van der Waals surface area contributed by atoms with Crippen LogP contribution in [0.15, 0.2) is 33.6 Å². The minimum absolute atomic E-state index is 0.281. The molecule has 2 rings (SSSR count). The fraction of sp³-hybridized carbons (Fsp3) is 0.0909. The molecular formula is C11H8Br2FN3. The lowest BCUT2D eigenvalue weighted by molar-refractivity contribution is 0.620. The molecule has 0 saturated heterocycles. The first kappa shape index (κ1) is 12.4. The van der Waals surface area contributed by atoms with Crippen molar-refractivity contribution >= 4 is 43.4 Å². The molecular weight excluding hydrogens is 353 g/mol. The molecule has 1 N–H and O–H groups in total. The number of nitrogens with zero attached hydrogens (tertiary/aromatic N) is 2. The number of aromatic nitrogens is 2. The normalized spacial score (nSPS) is 10.4. The summed E-state index contributed by atoms with van der Waals surface area (Å²) >= 11 is 6.41. The summed E-state index contributed by atoms with van der Waals surface area (Å²) in [5.41, 5.74) is 1.60. The van der Waals surface area contributed by atoms with E-state index >= 15 is 0 Å². The Morgan fingerprint density at radius 1 is 1.18 bits per heavy atom. The fourth-order valence-electron chi connectivity index (χ4n) is 1.32. The van der Waals surface area contributed by atoms with Crippen LogP contribution in [0, 0.1) is 12.7 Å². The van der Waals surface area contributed by atoms with E-state index < -0.39 is 0 Å². The van der Waals surface area contributed by atoms with Gasteiger partial charge in [-0.3, -0.25) is 0 Å². The van der Waals surface area contributed by atoms with Gasteiger partial charge in [-0.25, -0.2) is 14.4 Å². The van der Waals surface area contributed by atoms with Crippen LogP contribution in [0.25, 0.3) is 0 Å². The maximum Gasteiger partial charge on any atom is 0.137 e. The summed E-state index contributed by atoms with van der Waals surface area (Å²) in [6.45, 7) is 1.83. The molecule has 0 aliphatic rings. The molecule has 0 amide bonds. The van der Waals surface area contributed by atoms with Crippen LogP contribution in [0.4, 0.5) is 15.9 Å². The first-order valence-corrected chi connectivity index (χ1v) is 6.35. The van der Waals surface area contributed by atoms with Crippen LogP contribution in [0.2, 0.25) is 0 Å². The molecule has 17 heavy (non-hydrogen) atoms. The van der Waals surface area contributed by atoms with Gasteiger partial charge >= 0.3 is 0 Å². The summed E-state index contributed by atoms with van der Waals surface area (Å²) in [5, 5.41) is 3.10. The number of hydrogen-bond acceptors (Lipinski definition) is 3. The molecule has 0 aliphatic heterocycles. The van der Waals surface area contributed by atoms with Crippen molar-refractivity contribution in [2.75, 3.05) is 5.32 Å². The third kappa shape index (κ3) is 3.01. The highest BCUT2D eigenvalue weighted by Gasteiger charge is 2.06. The van der Waals surface area contributed by atoms with Crippen molar-refractivity contribution in [2.24, 2.45) is 0 Å². The molecule has 0 radical (unpaired) electrons. The molecule has 0 unspecified atom stereocenters. The van der Waals surface area contributed by atoms with Gasteiger partial charge in [0, 0.05) is 11.8 Å². The van der Waals surface area contributed by atoms with Crippen LogP contribution in [-0.2, 0) is 0 Å². The van der Waals surface area contributed by atoms with Gasteiger partial charge in [-0.1, -0.05) is 0 Å². The van der Waals surface area contributed by atoms with Gasteiger partial charge in [0.2, 0.25) is 0 Å². The zero-order chi connectivity index (χ0) is 12.4. The first-order valence-electron chi connectivity index (χ1n) is 4.76.